The number of allylic oxidation sites excluding steroid dienone is 4. The Hall–Kier alpha value is -2.85. The Kier molecular flexibility index (Phi) is 22.0. The third-order valence-corrected chi connectivity index (χ3v) is 23.3. The first-order chi connectivity index (χ1) is 41.2. The Morgan fingerprint density at radius 3 is 1.93 bits per heavy atom. The van der Waals surface area contributed by atoms with Crippen LogP contribution in [0.15, 0.2) is 34.9 Å². The van der Waals surface area contributed by atoms with E-state index in [2.05, 4.69) is 39.8 Å². The van der Waals surface area contributed by atoms with Crippen molar-refractivity contribution in [3.05, 3.63) is 34.9 Å². The minimum absolute atomic E-state index is 0.0453. The summed E-state index contributed by atoms with van der Waals surface area (Å²) < 4.78 is 49.4. The van der Waals surface area contributed by atoms with Gasteiger partial charge in [-0.2, -0.15) is 0 Å². The second-order valence-corrected chi connectivity index (χ2v) is 29.5. The lowest BCUT2D eigenvalue weighted by atomic mass is 9.31. The summed E-state index contributed by atoms with van der Waals surface area (Å²) >= 11 is 0. The molecule has 0 bridgehead atoms. The van der Waals surface area contributed by atoms with E-state index in [4.69, 9.17) is 37.9 Å². The highest BCUT2D eigenvalue weighted by atomic mass is 16.8. The first kappa shape index (κ1) is 71.0. The van der Waals surface area contributed by atoms with Gasteiger partial charge in [0, 0.05) is 28.2 Å². The van der Waals surface area contributed by atoms with Crippen LogP contribution in [0.25, 0.3) is 0 Å². The number of hydrogen-bond donors (Lipinski definition) is 11. The van der Waals surface area contributed by atoms with Crippen LogP contribution in [0.1, 0.15) is 161 Å². The number of carbonyl (C=O) groups is 3. The van der Waals surface area contributed by atoms with E-state index in [0.29, 0.717) is 64.2 Å². The van der Waals surface area contributed by atoms with Gasteiger partial charge >= 0.3 is 11.9 Å². The predicted molar refractivity (Wildman–Crippen MR) is 317 cm³/mol. The van der Waals surface area contributed by atoms with Gasteiger partial charge in [-0.25, -0.2) is 9.59 Å². The van der Waals surface area contributed by atoms with E-state index in [9.17, 15) is 65.8 Å². The van der Waals surface area contributed by atoms with Crippen molar-refractivity contribution in [3.8, 4) is 0 Å². The number of ketones is 1. The van der Waals surface area contributed by atoms with Crippen LogP contribution in [-0.2, 0) is 52.3 Å². The summed E-state index contributed by atoms with van der Waals surface area (Å²) in [4.78, 5) is 43.4. The molecule has 0 radical (unpaired) electrons. The quantitative estimate of drug-likeness (QED) is 0.0257. The molecule has 5 aliphatic carbocycles. The Balaban J connectivity index is 1.13. The zero-order valence-electron chi connectivity index (χ0n) is 54.0. The van der Waals surface area contributed by atoms with E-state index < -0.39 is 192 Å². The Morgan fingerprint density at radius 1 is 0.727 bits per heavy atom. The molecule has 0 aromatic carbocycles. The summed E-state index contributed by atoms with van der Waals surface area (Å²) in [5.41, 5.74) is -2.60. The largest absolute Gasteiger partial charge is 0.464 e. The second kappa shape index (κ2) is 27.2. The highest BCUT2D eigenvalue weighted by molar-refractivity contribution is 5.87. The summed E-state index contributed by atoms with van der Waals surface area (Å²) in [7, 11) is 0. The van der Waals surface area contributed by atoms with E-state index in [1.54, 1.807) is 0 Å². The Labute approximate surface area is 518 Å². The van der Waals surface area contributed by atoms with Crippen LogP contribution < -0.4 is 0 Å². The Morgan fingerprint density at radius 2 is 1.34 bits per heavy atom. The highest BCUT2D eigenvalue weighted by Gasteiger charge is 2.76. The predicted octanol–water partition coefficient (Wildman–Crippen LogP) is 3.60. The SMILES string of the molecule is CCCCOC(=O)[C@H]1O[C@@H](O[C@H]2CC[C@]3(C)[C@H]4CC=C5[C@@H]6CC(C)(C)[C@@H](OC(=O)/C=C(\C)CCC=C(C)C)[C@H](C(=O)C(C)CC)[C@]6(CO)[C@H](O)[C@H](O)[C@@]5(C)[C@]4(C)CC[C@H]3C2(C)C)[C@H](O[C@@H]2O[C@H](CO)[C@@H](O)[C@H](O)[C@H]2O)[C@@H](O)[C@@H]1O[C@@H]1O[C@@H](CO)[C@H](O)[C@H]1O. The molecule has 0 aromatic heterocycles. The summed E-state index contributed by atoms with van der Waals surface area (Å²) in [6.07, 6.45) is -17.5. The molecule has 8 rings (SSSR count). The van der Waals surface area contributed by atoms with Gasteiger partial charge in [0.2, 0.25) is 0 Å². The molecule has 0 spiro atoms. The van der Waals surface area contributed by atoms with Gasteiger partial charge < -0.3 is 94.1 Å². The fourth-order valence-corrected chi connectivity index (χ4v) is 17.8. The van der Waals surface area contributed by atoms with Gasteiger partial charge in [0.15, 0.2) is 25.0 Å². The zero-order valence-corrected chi connectivity index (χ0v) is 54.0. The molecule has 3 saturated heterocycles. The molecule has 1 unspecified atom stereocenters. The smallest absolute Gasteiger partial charge is 0.338 e. The minimum Gasteiger partial charge on any atom is -0.464 e. The highest BCUT2D eigenvalue weighted by Crippen LogP contribution is 2.76. The fourth-order valence-electron chi connectivity index (χ4n) is 17.8. The minimum atomic E-state index is -1.98. The molecule has 502 valence electrons. The average Bonchev–Trinajstić information content (AvgIpc) is 0.729. The number of unbranched alkanes of at least 4 members (excludes halogenated alkanes) is 1. The number of hydrogen-bond acceptors (Lipinski definition) is 22. The number of Topliss-reactive ketones (excluding diaryl/α,β-unsaturated/α-hetero) is 1. The van der Waals surface area contributed by atoms with E-state index in [1.165, 1.54) is 6.08 Å². The van der Waals surface area contributed by atoms with Gasteiger partial charge in [0.05, 0.1) is 50.7 Å². The zero-order chi connectivity index (χ0) is 65.1. The van der Waals surface area contributed by atoms with Gasteiger partial charge in [0.1, 0.15) is 72.9 Å². The van der Waals surface area contributed by atoms with Gasteiger partial charge in [0.25, 0.3) is 0 Å². The molecular weight excluding hydrogens is 1140 g/mol. The molecule has 88 heavy (non-hydrogen) atoms. The Bertz CT molecular complexity index is 2550. The molecule has 4 saturated carbocycles. The fraction of sp³-hybridized carbons (Fsp3) is 0.864. The summed E-state index contributed by atoms with van der Waals surface area (Å²) in [5.74, 6) is -4.36. The maximum absolute atomic E-state index is 15.2. The number of aliphatic hydroxyl groups excluding tert-OH is 11. The van der Waals surface area contributed by atoms with Crippen molar-refractivity contribution in [1.82, 2.24) is 0 Å². The van der Waals surface area contributed by atoms with Gasteiger partial charge in [-0.15, -0.1) is 0 Å². The normalized spacial score (nSPS) is 45.8. The van der Waals surface area contributed by atoms with E-state index in [0.717, 1.165) is 23.1 Å². The molecule has 8 aliphatic rings. The molecule has 7 fully saturated rings. The topological polar surface area (TPSA) is 348 Å². The first-order valence-corrected chi connectivity index (χ1v) is 32.4. The van der Waals surface area contributed by atoms with Crippen molar-refractivity contribution in [2.24, 2.45) is 62.1 Å². The standard InChI is InChI=1S/C66H106O22/c1-14-16-26-81-57(80)53-51(86-58-48(75)46(73)38(30-68)83-58)50(77)52(87-59-49(76)47(74)45(72)37(29-67)82-59)60(88-53)84-41-23-24-63(11)39(62(41,9)10)22-25-64(12)40(63)21-20-35-36-28-61(7,8)56(85-42(70)27-33(5)19-17-18-32(3)4)43(44(71)34(6)15-2)66(36,31-69)55(79)54(78)65(35,64)13/h18,20,27,34,36-41,43,45-56,58-60,67-69,72-79H,14-17,19,21-26,28-31H2,1-13H3/b33-27+/t34?,36-,37+,38-,39-,40+,41-,43-,45+,46-,47-,48+,49+,50-,51-,52+,53-,54-,55+,56-,58-,59-,60+,63-,64+,65-,66+/m0/s1. The maximum Gasteiger partial charge on any atom is 0.338 e. The summed E-state index contributed by atoms with van der Waals surface area (Å²) in [5, 5.41) is 126. The molecule has 3 aliphatic heterocycles. The molecule has 11 N–H and O–H groups in total. The van der Waals surface area contributed by atoms with Crippen LogP contribution in [0.5, 0.6) is 0 Å². The van der Waals surface area contributed by atoms with Crippen molar-refractivity contribution >= 4 is 17.7 Å². The van der Waals surface area contributed by atoms with Crippen molar-refractivity contribution in [3.63, 3.8) is 0 Å². The number of aliphatic hydroxyl groups is 11. The van der Waals surface area contributed by atoms with Gasteiger partial charge in [-0.1, -0.05) is 105 Å². The lowest BCUT2D eigenvalue weighted by Crippen LogP contribution is -2.75. The lowest BCUT2D eigenvalue weighted by Gasteiger charge is -2.73. The van der Waals surface area contributed by atoms with E-state index >= 15 is 4.79 Å². The molecule has 3 heterocycles. The lowest BCUT2D eigenvalue weighted by molar-refractivity contribution is -0.383. The third kappa shape index (κ3) is 12.2. The second-order valence-electron chi connectivity index (χ2n) is 29.5. The van der Waals surface area contributed by atoms with Crippen molar-refractivity contribution in [2.75, 3.05) is 26.4 Å². The van der Waals surface area contributed by atoms with Crippen molar-refractivity contribution in [1.29, 1.82) is 0 Å². The average molecular weight is 1250 g/mol. The van der Waals surface area contributed by atoms with Crippen molar-refractivity contribution < 1.29 is 108 Å². The number of ether oxygens (including phenoxy) is 8. The third-order valence-electron chi connectivity index (χ3n) is 23.3. The molecule has 22 nitrogen and oxygen atoms in total. The summed E-state index contributed by atoms with van der Waals surface area (Å²) in [6, 6.07) is 0. The van der Waals surface area contributed by atoms with Crippen LogP contribution in [0.4, 0.5) is 0 Å². The van der Waals surface area contributed by atoms with E-state index in [1.807, 2.05) is 62.3 Å². The molecule has 27 atom stereocenters. The van der Waals surface area contributed by atoms with Crippen LogP contribution in [0, 0.1) is 62.1 Å². The number of fused-ring (bicyclic) bond motifs is 7. The van der Waals surface area contributed by atoms with Crippen molar-refractivity contribution in [2.45, 2.75) is 271 Å². The number of carbonyl (C=O) groups excluding carboxylic acids is 3. The maximum atomic E-state index is 15.2. The van der Waals surface area contributed by atoms with Crippen LogP contribution >= 0.6 is 0 Å². The van der Waals surface area contributed by atoms with Gasteiger partial charge in [-0.3, -0.25) is 4.79 Å². The van der Waals surface area contributed by atoms with E-state index in [-0.39, 0.29) is 24.2 Å². The summed E-state index contributed by atoms with van der Waals surface area (Å²) in [6.45, 7) is 23.9. The number of rotatable bonds is 21. The molecule has 0 aromatic rings. The van der Waals surface area contributed by atoms with Crippen LogP contribution in [0.3, 0.4) is 0 Å². The number of esters is 2. The van der Waals surface area contributed by atoms with Crippen LogP contribution in [0.2, 0.25) is 0 Å². The molecule has 0 amide bonds. The first-order valence-electron chi connectivity index (χ1n) is 32.4. The monoisotopic (exact) mass is 1250 g/mol. The van der Waals surface area contributed by atoms with Crippen LogP contribution in [-0.4, -0.2) is 211 Å². The van der Waals surface area contributed by atoms with Gasteiger partial charge in [-0.05, 0) is 119 Å². The molecule has 22 heteroatoms. The molecular formula is C66H106O22.